The van der Waals surface area contributed by atoms with E-state index < -0.39 is 0 Å². The van der Waals surface area contributed by atoms with Crippen LogP contribution in [0.1, 0.15) is 43.7 Å². The molecule has 0 bridgehead atoms. The fourth-order valence-corrected chi connectivity index (χ4v) is 2.61. The number of carbonyl (C=O) groups is 1. The molecule has 0 saturated heterocycles. The minimum Gasteiger partial charge on any atom is -0.349 e. The van der Waals surface area contributed by atoms with Gasteiger partial charge in [-0.05, 0) is 30.4 Å². The van der Waals surface area contributed by atoms with Crippen molar-refractivity contribution in [1.29, 1.82) is 0 Å². The smallest absolute Gasteiger partial charge is 0.228 e. The number of carbonyl (C=O) groups excluding carboxylic acids is 1. The first-order chi connectivity index (χ1) is 8.65. The minimum atomic E-state index is -0.235. The fraction of sp³-hybridized carbons (Fsp3) is 0.533. The van der Waals surface area contributed by atoms with Crippen molar-refractivity contribution in [2.45, 2.75) is 44.6 Å². The summed E-state index contributed by atoms with van der Waals surface area (Å²) in [6, 6.07) is 8.16. The van der Waals surface area contributed by atoms with Gasteiger partial charge < -0.3 is 11.1 Å². The Morgan fingerprint density at radius 2 is 2.06 bits per heavy atom. The van der Waals surface area contributed by atoms with Crippen LogP contribution < -0.4 is 11.1 Å². The van der Waals surface area contributed by atoms with Gasteiger partial charge in [0.1, 0.15) is 0 Å². The molecule has 0 fully saturated rings. The van der Waals surface area contributed by atoms with Crippen LogP contribution >= 0.6 is 0 Å². The maximum atomic E-state index is 12.3. The highest BCUT2D eigenvalue weighted by molar-refractivity contribution is 5.87. The molecule has 0 spiro atoms. The SMILES string of the molecule is CCC(CC)(CN)NC(=O)C1Cc2ccccc21. The van der Waals surface area contributed by atoms with E-state index >= 15 is 0 Å². The molecular formula is C15H22N2O. The van der Waals surface area contributed by atoms with Crippen molar-refractivity contribution in [2.24, 2.45) is 5.73 Å². The van der Waals surface area contributed by atoms with Crippen LogP contribution in [-0.2, 0) is 11.2 Å². The van der Waals surface area contributed by atoms with Crippen LogP contribution in [0.4, 0.5) is 0 Å². The highest BCUT2D eigenvalue weighted by atomic mass is 16.2. The summed E-state index contributed by atoms with van der Waals surface area (Å²) < 4.78 is 0. The number of amides is 1. The van der Waals surface area contributed by atoms with Gasteiger partial charge in [0.25, 0.3) is 0 Å². The van der Waals surface area contributed by atoms with Crippen LogP contribution in [0.25, 0.3) is 0 Å². The molecule has 0 radical (unpaired) electrons. The first-order valence-corrected chi connectivity index (χ1v) is 6.75. The number of benzene rings is 1. The molecule has 98 valence electrons. The number of fused-ring (bicyclic) bond motifs is 1. The van der Waals surface area contributed by atoms with E-state index in [1.807, 2.05) is 18.2 Å². The molecule has 0 aliphatic heterocycles. The van der Waals surface area contributed by atoms with E-state index in [9.17, 15) is 4.79 Å². The third-order valence-electron chi connectivity index (χ3n) is 4.30. The Morgan fingerprint density at radius 1 is 1.39 bits per heavy atom. The molecule has 3 N–H and O–H groups in total. The van der Waals surface area contributed by atoms with Crippen molar-refractivity contribution < 1.29 is 4.79 Å². The highest BCUT2D eigenvalue weighted by Gasteiger charge is 2.35. The summed E-state index contributed by atoms with van der Waals surface area (Å²) in [4.78, 5) is 12.3. The Kier molecular flexibility index (Phi) is 3.71. The van der Waals surface area contributed by atoms with Crippen LogP contribution in [0, 0.1) is 0 Å². The molecule has 0 aromatic heterocycles. The fourth-order valence-electron chi connectivity index (χ4n) is 2.61. The lowest BCUT2D eigenvalue weighted by Gasteiger charge is -2.36. The summed E-state index contributed by atoms with van der Waals surface area (Å²) in [5.74, 6) is 0.146. The second-order valence-electron chi connectivity index (χ2n) is 5.14. The zero-order chi connectivity index (χ0) is 13.2. The Hall–Kier alpha value is -1.35. The van der Waals surface area contributed by atoms with E-state index in [2.05, 4.69) is 25.2 Å². The molecule has 1 aromatic carbocycles. The number of nitrogens with two attached hydrogens (primary N) is 1. The third-order valence-corrected chi connectivity index (χ3v) is 4.30. The zero-order valence-corrected chi connectivity index (χ0v) is 11.2. The number of hydrogen-bond acceptors (Lipinski definition) is 2. The van der Waals surface area contributed by atoms with Crippen molar-refractivity contribution >= 4 is 5.91 Å². The number of hydrogen-bond donors (Lipinski definition) is 2. The molecule has 1 aliphatic rings. The number of rotatable bonds is 5. The molecule has 2 rings (SSSR count). The van der Waals surface area contributed by atoms with Gasteiger partial charge in [-0.3, -0.25) is 4.79 Å². The predicted molar refractivity (Wildman–Crippen MR) is 73.4 cm³/mol. The van der Waals surface area contributed by atoms with E-state index in [-0.39, 0.29) is 17.4 Å². The first kappa shape index (κ1) is 13.1. The molecule has 1 unspecified atom stereocenters. The van der Waals surface area contributed by atoms with Crippen molar-refractivity contribution in [3.05, 3.63) is 35.4 Å². The molecule has 1 aliphatic carbocycles. The summed E-state index contributed by atoms with van der Waals surface area (Å²) in [6.07, 6.45) is 2.61. The second-order valence-corrected chi connectivity index (χ2v) is 5.14. The van der Waals surface area contributed by atoms with Crippen molar-refractivity contribution in [3.8, 4) is 0 Å². The molecule has 1 amide bonds. The lowest BCUT2D eigenvalue weighted by molar-refractivity contribution is -0.125. The monoisotopic (exact) mass is 246 g/mol. The Morgan fingerprint density at radius 3 is 2.61 bits per heavy atom. The highest BCUT2D eigenvalue weighted by Crippen LogP contribution is 2.35. The molecule has 3 nitrogen and oxygen atoms in total. The Bertz CT molecular complexity index is 430. The van der Waals surface area contributed by atoms with Crippen LogP contribution in [0.3, 0.4) is 0 Å². The van der Waals surface area contributed by atoms with Gasteiger partial charge in [0.15, 0.2) is 0 Å². The average molecular weight is 246 g/mol. The molecular weight excluding hydrogens is 224 g/mol. The lowest BCUT2D eigenvalue weighted by atomic mass is 9.76. The van der Waals surface area contributed by atoms with E-state index in [4.69, 9.17) is 5.73 Å². The molecule has 1 aromatic rings. The average Bonchev–Trinajstić information content (AvgIpc) is 2.37. The first-order valence-electron chi connectivity index (χ1n) is 6.75. The van der Waals surface area contributed by atoms with E-state index in [1.54, 1.807) is 0 Å². The minimum absolute atomic E-state index is 0.0187. The van der Waals surface area contributed by atoms with Crippen molar-refractivity contribution in [2.75, 3.05) is 6.54 Å². The van der Waals surface area contributed by atoms with Gasteiger partial charge in [-0.15, -0.1) is 0 Å². The molecule has 3 heteroatoms. The van der Waals surface area contributed by atoms with Gasteiger partial charge in [-0.2, -0.15) is 0 Å². The predicted octanol–water partition coefficient (Wildman–Crippen LogP) is 1.96. The molecule has 18 heavy (non-hydrogen) atoms. The Balaban J connectivity index is 2.07. The van der Waals surface area contributed by atoms with Gasteiger partial charge >= 0.3 is 0 Å². The summed E-state index contributed by atoms with van der Waals surface area (Å²) in [5, 5.41) is 3.16. The second kappa shape index (κ2) is 5.11. The maximum Gasteiger partial charge on any atom is 0.228 e. The zero-order valence-electron chi connectivity index (χ0n) is 11.2. The summed E-state index contributed by atoms with van der Waals surface area (Å²) in [7, 11) is 0. The van der Waals surface area contributed by atoms with Gasteiger partial charge in [-0.25, -0.2) is 0 Å². The van der Waals surface area contributed by atoms with Gasteiger partial charge in [0.05, 0.1) is 11.5 Å². The van der Waals surface area contributed by atoms with Crippen molar-refractivity contribution in [1.82, 2.24) is 5.32 Å². The van der Waals surface area contributed by atoms with Crippen molar-refractivity contribution in [3.63, 3.8) is 0 Å². The Labute approximate surface area is 109 Å². The van der Waals surface area contributed by atoms with E-state index in [0.717, 1.165) is 19.3 Å². The van der Waals surface area contributed by atoms with Gasteiger partial charge in [0, 0.05) is 6.54 Å². The normalized spacial score (nSPS) is 17.8. The molecule has 0 saturated carbocycles. The van der Waals surface area contributed by atoms with Crippen LogP contribution in [-0.4, -0.2) is 18.0 Å². The summed E-state index contributed by atoms with van der Waals surface area (Å²) in [5.41, 5.74) is 8.05. The standard InChI is InChI=1S/C15H22N2O/c1-3-15(4-2,10-16)17-14(18)13-9-11-7-5-6-8-12(11)13/h5-8,13H,3-4,9-10,16H2,1-2H3,(H,17,18). The van der Waals surface area contributed by atoms with Gasteiger partial charge in [0.2, 0.25) is 5.91 Å². The van der Waals surface area contributed by atoms with E-state index in [1.165, 1.54) is 11.1 Å². The quantitative estimate of drug-likeness (QED) is 0.834. The van der Waals surface area contributed by atoms with Crippen LogP contribution in [0.5, 0.6) is 0 Å². The van der Waals surface area contributed by atoms with Crippen LogP contribution in [0.2, 0.25) is 0 Å². The largest absolute Gasteiger partial charge is 0.349 e. The maximum absolute atomic E-state index is 12.3. The van der Waals surface area contributed by atoms with E-state index in [0.29, 0.717) is 6.54 Å². The lowest BCUT2D eigenvalue weighted by Crippen LogP contribution is -2.55. The summed E-state index contributed by atoms with van der Waals surface area (Å²) in [6.45, 7) is 4.65. The van der Waals surface area contributed by atoms with Crippen LogP contribution in [0.15, 0.2) is 24.3 Å². The third kappa shape index (κ3) is 2.15. The number of nitrogens with one attached hydrogen (secondary N) is 1. The molecule has 0 heterocycles. The topological polar surface area (TPSA) is 55.1 Å². The molecule has 1 atom stereocenters. The van der Waals surface area contributed by atoms with Gasteiger partial charge in [-0.1, -0.05) is 38.1 Å². The summed E-state index contributed by atoms with van der Waals surface area (Å²) >= 11 is 0.